The number of carbonyl (C=O) groups is 3. The molecular weight excluding hydrogens is 412 g/mol. The number of nitrogens with zero attached hydrogens (tertiary/aromatic N) is 2. The molecule has 0 bridgehead atoms. The Hall–Kier alpha value is -2.85. The maximum atomic E-state index is 12.5. The van der Waals surface area contributed by atoms with Crippen molar-refractivity contribution in [2.24, 2.45) is 0 Å². The summed E-state index contributed by atoms with van der Waals surface area (Å²) in [7, 11) is 0. The first-order valence-corrected chi connectivity index (χ1v) is 10.9. The van der Waals surface area contributed by atoms with Gasteiger partial charge >= 0.3 is 6.09 Å². The van der Waals surface area contributed by atoms with Crippen LogP contribution in [-0.4, -0.2) is 34.0 Å². The monoisotopic (exact) mass is 430 g/mol. The van der Waals surface area contributed by atoms with Crippen molar-refractivity contribution in [2.75, 3.05) is 5.32 Å². The van der Waals surface area contributed by atoms with Crippen molar-refractivity contribution in [1.82, 2.24) is 15.3 Å². The van der Waals surface area contributed by atoms with E-state index in [2.05, 4.69) is 20.6 Å². The van der Waals surface area contributed by atoms with Gasteiger partial charge in [0.1, 0.15) is 16.6 Å². The quantitative estimate of drug-likeness (QED) is 0.642. The highest BCUT2D eigenvalue weighted by atomic mass is 32.1. The first kappa shape index (κ1) is 19.5. The predicted octanol–water partition coefficient (Wildman–Crippen LogP) is 4.20. The van der Waals surface area contributed by atoms with E-state index < -0.39 is 17.9 Å². The summed E-state index contributed by atoms with van der Waals surface area (Å²) in [6, 6.07) is 3.33. The summed E-state index contributed by atoms with van der Waals surface area (Å²) < 4.78 is 6.16. The molecule has 3 aromatic rings. The molecule has 0 radical (unpaired) electrons. The van der Waals surface area contributed by atoms with E-state index in [0.717, 1.165) is 36.8 Å². The minimum Gasteiger partial charge on any atom is -0.446 e. The second kappa shape index (κ2) is 8.66. The number of pyridine rings is 1. The van der Waals surface area contributed by atoms with Gasteiger partial charge in [-0.1, -0.05) is 6.42 Å². The van der Waals surface area contributed by atoms with Crippen LogP contribution < -0.4 is 10.6 Å². The zero-order valence-corrected chi connectivity index (χ0v) is 17.0. The summed E-state index contributed by atoms with van der Waals surface area (Å²) in [6.07, 6.45) is 7.14. The molecule has 3 amide bonds. The van der Waals surface area contributed by atoms with Crippen molar-refractivity contribution in [1.29, 1.82) is 0 Å². The van der Waals surface area contributed by atoms with Crippen LogP contribution >= 0.6 is 22.7 Å². The summed E-state index contributed by atoms with van der Waals surface area (Å²) in [6.45, 7) is 0. The van der Waals surface area contributed by atoms with Crippen LogP contribution in [0.2, 0.25) is 0 Å². The molecule has 4 rings (SSSR count). The van der Waals surface area contributed by atoms with E-state index in [4.69, 9.17) is 4.74 Å². The highest BCUT2D eigenvalue weighted by Gasteiger charge is 2.22. The summed E-state index contributed by atoms with van der Waals surface area (Å²) >= 11 is 2.43. The second-order valence-electron chi connectivity index (χ2n) is 6.60. The maximum Gasteiger partial charge on any atom is 0.414 e. The SMILES string of the molecule is O=C(NC(=O)c1ccsc1NC(=O)c1nc2cnccc2s1)OC1CCCCC1. The molecule has 1 aliphatic carbocycles. The van der Waals surface area contributed by atoms with Gasteiger partial charge in [-0.05, 0) is 43.2 Å². The Morgan fingerprint density at radius 2 is 1.93 bits per heavy atom. The molecule has 0 spiro atoms. The fraction of sp³-hybridized carbons (Fsp3) is 0.316. The molecule has 3 aromatic heterocycles. The number of alkyl carbamates (subject to hydrolysis) is 1. The zero-order valence-electron chi connectivity index (χ0n) is 15.3. The van der Waals surface area contributed by atoms with Gasteiger partial charge in [-0.3, -0.25) is 19.9 Å². The number of rotatable bonds is 4. The summed E-state index contributed by atoms with van der Waals surface area (Å²) in [5.41, 5.74) is 0.837. The molecule has 1 saturated carbocycles. The first-order valence-electron chi connectivity index (χ1n) is 9.21. The molecule has 8 nitrogen and oxygen atoms in total. The number of nitrogens with one attached hydrogen (secondary N) is 2. The van der Waals surface area contributed by atoms with Crippen LogP contribution in [0.5, 0.6) is 0 Å². The highest BCUT2D eigenvalue weighted by Crippen LogP contribution is 2.26. The van der Waals surface area contributed by atoms with Gasteiger partial charge in [0.05, 0.1) is 16.5 Å². The number of amides is 3. The smallest absolute Gasteiger partial charge is 0.414 e. The highest BCUT2D eigenvalue weighted by molar-refractivity contribution is 7.20. The van der Waals surface area contributed by atoms with E-state index >= 15 is 0 Å². The number of ether oxygens (including phenoxy) is 1. The first-order chi connectivity index (χ1) is 14.1. The van der Waals surface area contributed by atoms with E-state index in [1.807, 2.05) is 0 Å². The Morgan fingerprint density at radius 1 is 1.10 bits per heavy atom. The zero-order chi connectivity index (χ0) is 20.2. The van der Waals surface area contributed by atoms with Crippen molar-refractivity contribution in [3.63, 3.8) is 0 Å². The number of carbonyl (C=O) groups excluding carboxylic acids is 3. The Morgan fingerprint density at radius 3 is 2.72 bits per heavy atom. The predicted molar refractivity (Wildman–Crippen MR) is 111 cm³/mol. The van der Waals surface area contributed by atoms with Crippen molar-refractivity contribution in [3.8, 4) is 0 Å². The van der Waals surface area contributed by atoms with Crippen LogP contribution in [0.25, 0.3) is 10.2 Å². The Labute approximate surface area is 174 Å². The van der Waals surface area contributed by atoms with Crippen LogP contribution in [0, 0.1) is 0 Å². The van der Waals surface area contributed by atoms with Gasteiger partial charge in [0.2, 0.25) is 0 Å². The van der Waals surface area contributed by atoms with Crippen molar-refractivity contribution in [2.45, 2.75) is 38.2 Å². The number of thiophene rings is 1. The minimum absolute atomic E-state index is 0.147. The molecular formula is C19H18N4O4S2. The fourth-order valence-electron chi connectivity index (χ4n) is 3.14. The third-order valence-electron chi connectivity index (χ3n) is 4.56. The number of imide groups is 1. The summed E-state index contributed by atoms with van der Waals surface area (Å²) in [5, 5.41) is 7.21. The van der Waals surface area contributed by atoms with Gasteiger partial charge in [-0.25, -0.2) is 9.78 Å². The van der Waals surface area contributed by atoms with Crippen LogP contribution in [0.3, 0.4) is 0 Å². The van der Waals surface area contributed by atoms with E-state index in [-0.39, 0.29) is 16.7 Å². The molecule has 2 N–H and O–H groups in total. The number of thiazole rings is 1. The van der Waals surface area contributed by atoms with Gasteiger partial charge in [-0.2, -0.15) is 0 Å². The summed E-state index contributed by atoms with van der Waals surface area (Å²) in [4.78, 5) is 45.3. The molecule has 29 heavy (non-hydrogen) atoms. The van der Waals surface area contributed by atoms with Gasteiger partial charge in [0, 0.05) is 6.20 Å². The second-order valence-corrected chi connectivity index (χ2v) is 8.55. The number of anilines is 1. The molecule has 10 heteroatoms. The van der Waals surface area contributed by atoms with Crippen LogP contribution in [0.15, 0.2) is 29.9 Å². The minimum atomic E-state index is -0.760. The van der Waals surface area contributed by atoms with Gasteiger partial charge in [0.25, 0.3) is 11.8 Å². The summed E-state index contributed by atoms with van der Waals surface area (Å²) in [5.74, 6) is -1.04. The average molecular weight is 431 g/mol. The maximum absolute atomic E-state index is 12.5. The van der Waals surface area contributed by atoms with Crippen molar-refractivity contribution in [3.05, 3.63) is 40.5 Å². The molecule has 1 fully saturated rings. The van der Waals surface area contributed by atoms with E-state index in [9.17, 15) is 14.4 Å². The Kier molecular flexibility index (Phi) is 5.81. The van der Waals surface area contributed by atoms with E-state index in [0.29, 0.717) is 10.5 Å². The molecule has 0 aliphatic heterocycles. The largest absolute Gasteiger partial charge is 0.446 e. The van der Waals surface area contributed by atoms with E-state index in [1.165, 1.54) is 22.7 Å². The molecule has 0 unspecified atom stereocenters. The van der Waals surface area contributed by atoms with Gasteiger partial charge < -0.3 is 10.1 Å². The standard InChI is InChI=1S/C19H18N4O4S2/c24-15(23-19(26)27-11-4-2-1-3-5-11)12-7-9-28-17(12)22-16(25)18-21-13-10-20-8-6-14(13)29-18/h6-11H,1-5H2,(H,22,25)(H,23,24,26). The van der Waals surface area contributed by atoms with E-state index in [1.54, 1.807) is 29.9 Å². The Bertz CT molecular complexity index is 1020. The number of hydrogen-bond donors (Lipinski definition) is 2. The van der Waals surface area contributed by atoms with Crippen LogP contribution in [-0.2, 0) is 4.74 Å². The number of aromatic nitrogens is 2. The number of fused-ring (bicyclic) bond motifs is 1. The average Bonchev–Trinajstić information content (AvgIpc) is 3.35. The molecule has 0 saturated heterocycles. The third-order valence-corrected chi connectivity index (χ3v) is 6.43. The Balaban J connectivity index is 1.40. The van der Waals surface area contributed by atoms with Crippen LogP contribution in [0.4, 0.5) is 9.80 Å². The lowest BCUT2D eigenvalue weighted by Gasteiger charge is -2.21. The van der Waals surface area contributed by atoms with Crippen LogP contribution in [0.1, 0.15) is 52.3 Å². The molecule has 1 aliphatic rings. The van der Waals surface area contributed by atoms with Crippen molar-refractivity contribution >= 4 is 55.8 Å². The normalized spacial score (nSPS) is 14.5. The topological polar surface area (TPSA) is 110 Å². The molecule has 150 valence electrons. The fourth-order valence-corrected chi connectivity index (χ4v) is 4.75. The molecule has 0 aromatic carbocycles. The molecule has 0 atom stereocenters. The van der Waals surface area contributed by atoms with Gasteiger partial charge in [-0.15, -0.1) is 22.7 Å². The van der Waals surface area contributed by atoms with Crippen molar-refractivity contribution < 1.29 is 19.1 Å². The van der Waals surface area contributed by atoms with Gasteiger partial charge in [0.15, 0.2) is 5.01 Å². The molecule has 3 heterocycles. The number of hydrogen-bond acceptors (Lipinski definition) is 8. The third kappa shape index (κ3) is 4.60. The lowest BCUT2D eigenvalue weighted by atomic mass is 9.98. The lowest BCUT2D eigenvalue weighted by molar-refractivity contribution is 0.0695. The lowest BCUT2D eigenvalue weighted by Crippen LogP contribution is -2.34.